The molecule has 0 spiro atoms. The second-order valence-electron chi connectivity index (χ2n) is 3.66. The van der Waals surface area contributed by atoms with Crippen LogP contribution in [0, 0.1) is 11.3 Å². The van der Waals surface area contributed by atoms with Crippen molar-refractivity contribution in [1.82, 2.24) is 4.72 Å². The van der Waals surface area contributed by atoms with E-state index in [4.69, 9.17) is 5.26 Å². The van der Waals surface area contributed by atoms with Crippen LogP contribution >= 0.6 is 0 Å². The van der Waals surface area contributed by atoms with Gasteiger partial charge in [0.05, 0.1) is 11.3 Å². The van der Waals surface area contributed by atoms with Crippen LogP contribution in [0.25, 0.3) is 0 Å². The van der Waals surface area contributed by atoms with E-state index in [2.05, 4.69) is 9.44 Å². The van der Waals surface area contributed by atoms with Crippen LogP contribution in [0.15, 0.2) is 24.3 Å². The topological polar surface area (TPSA) is 82.0 Å². The molecule has 1 saturated carbocycles. The van der Waals surface area contributed by atoms with Crippen LogP contribution in [0.2, 0.25) is 0 Å². The van der Waals surface area contributed by atoms with Gasteiger partial charge in [0.15, 0.2) is 0 Å². The summed E-state index contributed by atoms with van der Waals surface area (Å²) in [5, 5.41) is 8.80. The van der Waals surface area contributed by atoms with Crippen molar-refractivity contribution >= 4 is 15.9 Å². The van der Waals surface area contributed by atoms with Crippen molar-refractivity contribution in [2.24, 2.45) is 0 Å². The normalized spacial score (nSPS) is 15.4. The van der Waals surface area contributed by atoms with Gasteiger partial charge < -0.3 is 0 Å². The van der Waals surface area contributed by atoms with Crippen molar-refractivity contribution in [1.29, 1.82) is 5.26 Å². The molecule has 1 fully saturated rings. The van der Waals surface area contributed by atoms with Gasteiger partial charge in [0, 0.05) is 6.04 Å². The van der Waals surface area contributed by atoms with Crippen molar-refractivity contribution in [3.63, 3.8) is 0 Å². The second-order valence-corrected chi connectivity index (χ2v) is 5.10. The highest BCUT2D eigenvalue weighted by Gasteiger charge is 2.27. The molecule has 6 heteroatoms. The molecule has 0 radical (unpaired) electrons. The summed E-state index contributed by atoms with van der Waals surface area (Å²) in [6, 6.07) is 8.47. The van der Waals surface area contributed by atoms with Crippen LogP contribution in [0.3, 0.4) is 0 Å². The molecule has 2 rings (SSSR count). The molecule has 16 heavy (non-hydrogen) atoms. The van der Waals surface area contributed by atoms with Crippen LogP contribution < -0.4 is 9.44 Å². The van der Waals surface area contributed by atoms with Crippen molar-refractivity contribution in [2.45, 2.75) is 18.9 Å². The number of nitriles is 1. The molecule has 0 saturated heterocycles. The van der Waals surface area contributed by atoms with Crippen molar-refractivity contribution < 1.29 is 8.42 Å². The van der Waals surface area contributed by atoms with E-state index in [0.29, 0.717) is 11.3 Å². The van der Waals surface area contributed by atoms with Gasteiger partial charge >= 0.3 is 0 Å². The first-order valence-electron chi connectivity index (χ1n) is 4.90. The SMILES string of the molecule is N#Cc1ccccc1NS(=O)(=O)NC1CC1. The molecule has 0 heterocycles. The number of hydrogen-bond acceptors (Lipinski definition) is 3. The third-order valence-corrected chi connectivity index (χ3v) is 3.32. The average Bonchev–Trinajstić information content (AvgIpc) is 3.01. The first kappa shape index (κ1) is 10.9. The summed E-state index contributed by atoms with van der Waals surface area (Å²) < 4.78 is 28.0. The van der Waals surface area contributed by atoms with Gasteiger partial charge in [-0.05, 0) is 25.0 Å². The van der Waals surface area contributed by atoms with E-state index in [1.165, 1.54) is 0 Å². The zero-order chi connectivity index (χ0) is 11.6. The van der Waals surface area contributed by atoms with E-state index >= 15 is 0 Å². The zero-order valence-corrected chi connectivity index (χ0v) is 9.29. The Morgan fingerprint density at radius 3 is 2.62 bits per heavy atom. The van der Waals surface area contributed by atoms with Crippen molar-refractivity contribution in [3.05, 3.63) is 29.8 Å². The minimum Gasteiger partial charge on any atom is -0.270 e. The molecule has 0 atom stereocenters. The van der Waals surface area contributed by atoms with E-state index in [1.54, 1.807) is 24.3 Å². The monoisotopic (exact) mass is 237 g/mol. The summed E-state index contributed by atoms with van der Waals surface area (Å²) in [6.45, 7) is 0. The fraction of sp³-hybridized carbons (Fsp3) is 0.300. The molecule has 0 amide bonds. The van der Waals surface area contributed by atoms with Crippen LogP contribution in [0.5, 0.6) is 0 Å². The lowest BCUT2D eigenvalue weighted by Gasteiger charge is -2.09. The number of rotatable bonds is 4. The lowest BCUT2D eigenvalue weighted by Crippen LogP contribution is -2.31. The maximum Gasteiger partial charge on any atom is 0.299 e. The first-order valence-corrected chi connectivity index (χ1v) is 6.38. The second kappa shape index (κ2) is 4.12. The smallest absolute Gasteiger partial charge is 0.270 e. The summed E-state index contributed by atoms with van der Waals surface area (Å²) in [6.07, 6.45) is 1.75. The highest BCUT2D eigenvalue weighted by Crippen LogP contribution is 2.21. The molecule has 0 aliphatic heterocycles. The number of hydrogen-bond donors (Lipinski definition) is 2. The number of anilines is 1. The predicted octanol–water partition coefficient (Wildman–Crippen LogP) is 0.967. The zero-order valence-electron chi connectivity index (χ0n) is 8.47. The molecule has 2 N–H and O–H groups in total. The molecule has 1 aliphatic rings. The molecule has 84 valence electrons. The minimum absolute atomic E-state index is 0.0479. The number of nitrogens with one attached hydrogen (secondary N) is 2. The fourth-order valence-electron chi connectivity index (χ4n) is 1.26. The lowest BCUT2D eigenvalue weighted by atomic mass is 10.2. The Labute approximate surface area is 94.3 Å². The third-order valence-electron chi connectivity index (χ3n) is 2.19. The molecule has 1 aromatic carbocycles. The number of para-hydroxylation sites is 1. The van der Waals surface area contributed by atoms with E-state index in [0.717, 1.165) is 12.8 Å². The summed E-state index contributed by atoms with van der Waals surface area (Å²) in [5.41, 5.74) is 0.613. The van der Waals surface area contributed by atoms with Gasteiger partial charge in [-0.2, -0.15) is 18.4 Å². The molecule has 0 aromatic heterocycles. The van der Waals surface area contributed by atoms with E-state index in [9.17, 15) is 8.42 Å². The van der Waals surface area contributed by atoms with Crippen molar-refractivity contribution in [2.75, 3.05) is 4.72 Å². The Morgan fingerprint density at radius 1 is 1.31 bits per heavy atom. The minimum atomic E-state index is -3.56. The van der Waals surface area contributed by atoms with E-state index in [1.807, 2.05) is 6.07 Å². The lowest BCUT2D eigenvalue weighted by molar-refractivity contribution is 0.586. The highest BCUT2D eigenvalue weighted by atomic mass is 32.2. The van der Waals surface area contributed by atoms with Crippen LogP contribution in [-0.2, 0) is 10.2 Å². The molecule has 0 unspecified atom stereocenters. The van der Waals surface area contributed by atoms with Crippen LogP contribution in [0.4, 0.5) is 5.69 Å². The summed E-state index contributed by atoms with van der Waals surface area (Å²) in [7, 11) is -3.56. The largest absolute Gasteiger partial charge is 0.299 e. The number of nitrogens with zero attached hydrogens (tertiary/aromatic N) is 1. The summed E-state index contributed by atoms with van der Waals surface area (Å²) >= 11 is 0. The van der Waals surface area contributed by atoms with Gasteiger partial charge in [-0.1, -0.05) is 12.1 Å². The van der Waals surface area contributed by atoms with E-state index < -0.39 is 10.2 Å². The van der Waals surface area contributed by atoms with Crippen LogP contribution in [-0.4, -0.2) is 14.5 Å². The molecule has 1 aliphatic carbocycles. The van der Waals surface area contributed by atoms with Gasteiger partial charge in [-0.3, -0.25) is 4.72 Å². The molecule has 1 aromatic rings. The Kier molecular flexibility index (Phi) is 2.81. The average molecular weight is 237 g/mol. The Bertz CT molecular complexity index is 529. The maximum absolute atomic E-state index is 11.6. The van der Waals surface area contributed by atoms with Gasteiger partial charge in [0.2, 0.25) is 0 Å². The fourth-order valence-corrected chi connectivity index (χ4v) is 2.47. The van der Waals surface area contributed by atoms with Gasteiger partial charge in [0.25, 0.3) is 10.2 Å². The van der Waals surface area contributed by atoms with E-state index in [-0.39, 0.29) is 6.04 Å². The van der Waals surface area contributed by atoms with Crippen molar-refractivity contribution in [3.8, 4) is 6.07 Å². The quantitative estimate of drug-likeness (QED) is 0.818. The molecule has 0 bridgehead atoms. The van der Waals surface area contributed by atoms with Gasteiger partial charge in [-0.25, -0.2) is 0 Å². The third kappa shape index (κ3) is 2.72. The Hall–Kier alpha value is -1.58. The summed E-state index contributed by atoms with van der Waals surface area (Å²) in [4.78, 5) is 0. The molecular weight excluding hydrogens is 226 g/mol. The molecule has 5 nitrogen and oxygen atoms in total. The maximum atomic E-state index is 11.6. The van der Waals surface area contributed by atoms with Gasteiger partial charge in [-0.15, -0.1) is 0 Å². The van der Waals surface area contributed by atoms with Gasteiger partial charge in [0.1, 0.15) is 6.07 Å². The number of benzene rings is 1. The Morgan fingerprint density at radius 2 is 2.00 bits per heavy atom. The standard InChI is InChI=1S/C10H11N3O2S/c11-7-8-3-1-2-4-10(8)13-16(14,15)12-9-5-6-9/h1-4,9,12-13H,5-6H2. The summed E-state index contributed by atoms with van der Waals surface area (Å²) in [5.74, 6) is 0. The first-order chi connectivity index (χ1) is 7.61. The molecular formula is C10H11N3O2S. The highest BCUT2D eigenvalue weighted by molar-refractivity contribution is 7.90. The van der Waals surface area contributed by atoms with Crippen LogP contribution in [0.1, 0.15) is 18.4 Å². The Balaban J connectivity index is 2.16. The predicted molar refractivity (Wildman–Crippen MR) is 59.9 cm³/mol.